The molecule has 2 unspecified atom stereocenters. The van der Waals surface area contributed by atoms with Gasteiger partial charge in [0.2, 0.25) is 0 Å². The predicted molar refractivity (Wildman–Crippen MR) is 76.2 cm³/mol. The summed E-state index contributed by atoms with van der Waals surface area (Å²) in [7, 11) is 0. The molecule has 1 aliphatic heterocycles. The summed E-state index contributed by atoms with van der Waals surface area (Å²) >= 11 is 0. The molecular weight excluding hydrogens is 208 g/mol. The van der Waals surface area contributed by atoms with Gasteiger partial charge in [0.25, 0.3) is 0 Å². The molecule has 0 radical (unpaired) electrons. The van der Waals surface area contributed by atoms with Crippen molar-refractivity contribution in [2.24, 2.45) is 11.1 Å². The Labute approximate surface area is 108 Å². The van der Waals surface area contributed by atoms with Gasteiger partial charge in [0.1, 0.15) is 0 Å². The Bertz CT molecular complexity index is 252. The third-order valence-electron chi connectivity index (χ3n) is 5.35. The van der Waals surface area contributed by atoms with Crippen LogP contribution in [0.2, 0.25) is 0 Å². The van der Waals surface area contributed by atoms with Crippen LogP contribution in [-0.2, 0) is 0 Å². The summed E-state index contributed by atoms with van der Waals surface area (Å²) in [5.41, 5.74) is 6.92. The van der Waals surface area contributed by atoms with Crippen molar-refractivity contribution >= 4 is 0 Å². The molecule has 1 aliphatic carbocycles. The van der Waals surface area contributed by atoms with Crippen LogP contribution < -0.4 is 5.73 Å². The van der Waals surface area contributed by atoms with Gasteiger partial charge in [0.05, 0.1) is 0 Å². The minimum Gasteiger partial charge on any atom is -0.325 e. The summed E-state index contributed by atoms with van der Waals surface area (Å²) in [5.74, 6) is 0. The first-order valence-corrected chi connectivity index (χ1v) is 7.35. The number of piperidine rings is 1. The lowest BCUT2D eigenvalue weighted by Crippen LogP contribution is -2.55. The second kappa shape index (κ2) is 4.89. The summed E-state index contributed by atoms with van der Waals surface area (Å²) < 4.78 is 0. The van der Waals surface area contributed by atoms with Crippen LogP contribution in [0, 0.1) is 5.41 Å². The number of likely N-dealkylation sites (tertiary alicyclic amines) is 1. The number of hydrogen-bond acceptors (Lipinski definition) is 2. The third-order valence-corrected chi connectivity index (χ3v) is 5.35. The fourth-order valence-corrected chi connectivity index (χ4v) is 3.41. The Balaban J connectivity index is 0.000000686. The summed E-state index contributed by atoms with van der Waals surface area (Å²) in [6.07, 6.45) is 5.30. The first-order valence-electron chi connectivity index (χ1n) is 7.35. The fraction of sp³-hybridized carbons (Fsp3) is 1.00. The van der Waals surface area contributed by atoms with Gasteiger partial charge in [-0.1, -0.05) is 27.2 Å². The van der Waals surface area contributed by atoms with E-state index in [1.54, 1.807) is 0 Å². The van der Waals surface area contributed by atoms with E-state index >= 15 is 0 Å². The maximum Gasteiger partial charge on any atom is 0.0224 e. The molecule has 0 spiro atoms. The number of nitrogens with two attached hydrogens (primary N) is 1. The van der Waals surface area contributed by atoms with Gasteiger partial charge in [-0.05, 0) is 53.1 Å². The quantitative estimate of drug-likeness (QED) is 0.801. The standard InChI is InChI=1S/C13H26N2.C2H6/c1-11(2,12(3)10-13(12,4)14)15-8-6-5-7-9-15;1-2/h5-10,14H2,1-4H3;1-2H3. The van der Waals surface area contributed by atoms with Crippen molar-refractivity contribution in [2.75, 3.05) is 13.1 Å². The zero-order valence-corrected chi connectivity index (χ0v) is 12.8. The van der Waals surface area contributed by atoms with Gasteiger partial charge in [-0.2, -0.15) is 0 Å². The lowest BCUT2D eigenvalue weighted by molar-refractivity contribution is 0.0307. The highest BCUT2D eigenvalue weighted by Crippen LogP contribution is 2.62. The highest BCUT2D eigenvalue weighted by molar-refractivity contribution is 5.23. The van der Waals surface area contributed by atoms with Gasteiger partial charge in [-0.3, -0.25) is 4.90 Å². The van der Waals surface area contributed by atoms with E-state index < -0.39 is 0 Å². The van der Waals surface area contributed by atoms with Crippen LogP contribution in [0.15, 0.2) is 0 Å². The van der Waals surface area contributed by atoms with E-state index in [1.165, 1.54) is 38.8 Å². The van der Waals surface area contributed by atoms with Crippen LogP contribution in [0.25, 0.3) is 0 Å². The normalized spacial score (nSPS) is 38.3. The Kier molecular flexibility index (Phi) is 4.31. The van der Waals surface area contributed by atoms with Crippen molar-refractivity contribution in [3.05, 3.63) is 0 Å². The molecule has 102 valence electrons. The van der Waals surface area contributed by atoms with Gasteiger partial charge in [0, 0.05) is 16.5 Å². The molecule has 1 heterocycles. The van der Waals surface area contributed by atoms with Gasteiger partial charge >= 0.3 is 0 Å². The first-order chi connectivity index (χ1) is 7.81. The minimum absolute atomic E-state index is 0.0496. The van der Waals surface area contributed by atoms with Crippen molar-refractivity contribution in [1.82, 2.24) is 4.90 Å². The molecule has 2 rings (SSSR count). The second-order valence-corrected chi connectivity index (χ2v) is 6.53. The van der Waals surface area contributed by atoms with Gasteiger partial charge in [0.15, 0.2) is 0 Å². The van der Waals surface area contributed by atoms with Gasteiger partial charge in [-0.25, -0.2) is 0 Å². The molecule has 1 saturated heterocycles. The highest BCUT2D eigenvalue weighted by Gasteiger charge is 2.67. The molecule has 0 amide bonds. The maximum absolute atomic E-state index is 6.31. The zero-order chi connectivity index (χ0) is 13.3. The molecule has 1 saturated carbocycles. The molecule has 0 aromatic carbocycles. The van der Waals surface area contributed by atoms with Gasteiger partial charge in [-0.15, -0.1) is 0 Å². The molecule has 2 N–H and O–H groups in total. The smallest absolute Gasteiger partial charge is 0.0224 e. The maximum atomic E-state index is 6.31. The molecule has 2 fully saturated rings. The van der Waals surface area contributed by atoms with Crippen molar-refractivity contribution in [3.8, 4) is 0 Å². The van der Waals surface area contributed by atoms with E-state index in [0.29, 0.717) is 5.41 Å². The number of hydrogen-bond donors (Lipinski definition) is 1. The Hall–Kier alpha value is -0.0800. The Morgan fingerprint density at radius 1 is 1.00 bits per heavy atom. The summed E-state index contributed by atoms with van der Waals surface area (Å²) in [5, 5.41) is 0. The van der Waals surface area contributed by atoms with Crippen LogP contribution in [0.3, 0.4) is 0 Å². The molecule has 2 nitrogen and oxygen atoms in total. The Morgan fingerprint density at radius 3 is 1.76 bits per heavy atom. The predicted octanol–water partition coefficient (Wildman–Crippen LogP) is 3.40. The molecule has 0 bridgehead atoms. The van der Waals surface area contributed by atoms with E-state index in [1.807, 2.05) is 13.8 Å². The van der Waals surface area contributed by atoms with Crippen molar-refractivity contribution in [1.29, 1.82) is 0 Å². The molecule has 2 atom stereocenters. The molecule has 0 aromatic heterocycles. The molecule has 2 heteroatoms. The van der Waals surface area contributed by atoms with E-state index in [2.05, 4.69) is 32.6 Å². The van der Waals surface area contributed by atoms with Crippen molar-refractivity contribution in [2.45, 2.75) is 78.3 Å². The zero-order valence-electron chi connectivity index (χ0n) is 12.8. The van der Waals surface area contributed by atoms with E-state index in [4.69, 9.17) is 5.73 Å². The van der Waals surface area contributed by atoms with Crippen LogP contribution in [-0.4, -0.2) is 29.1 Å². The molecular formula is C15H32N2. The van der Waals surface area contributed by atoms with Crippen molar-refractivity contribution in [3.63, 3.8) is 0 Å². The Morgan fingerprint density at radius 2 is 1.41 bits per heavy atom. The average molecular weight is 240 g/mol. The third kappa shape index (κ3) is 2.39. The SMILES string of the molecule is CC.CC1(N)CC1(C)C(C)(C)N1CCCCC1. The first kappa shape index (κ1) is 15.0. The van der Waals surface area contributed by atoms with E-state index in [9.17, 15) is 0 Å². The molecule has 17 heavy (non-hydrogen) atoms. The highest BCUT2D eigenvalue weighted by atomic mass is 15.2. The monoisotopic (exact) mass is 240 g/mol. The van der Waals surface area contributed by atoms with Gasteiger partial charge < -0.3 is 5.73 Å². The van der Waals surface area contributed by atoms with Crippen LogP contribution in [0.1, 0.15) is 67.2 Å². The topological polar surface area (TPSA) is 29.3 Å². The largest absolute Gasteiger partial charge is 0.325 e. The lowest BCUT2D eigenvalue weighted by atomic mass is 9.79. The van der Waals surface area contributed by atoms with Crippen LogP contribution in [0.4, 0.5) is 0 Å². The lowest BCUT2D eigenvalue weighted by Gasteiger charge is -2.46. The number of nitrogens with zero attached hydrogens (tertiary/aromatic N) is 1. The van der Waals surface area contributed by atoms with E-state index in [0.717, 1.165) is 0 Å². The molecule has 0 aromatic rings. The fourth-order valence-electron chi connectivity index (χ4n) is 3.41. The number of rotatable bonds is 2. The average Bonchev–Trinajstić information content (AvgIpc) is 2.84. The van der Waals surface area contributed by atoms with Crippen LogP contribution in [0.5, 0.6) is 0 Å². The van der Waals surface area contributed by atoms with E-state index in [-0.39, 0.29) is 11.1 Å². The molecule has 2 aliphatic rings. The van der Waals surface area contributed by atoms with Crippen molar-refractivity contribution < 1.29 is 0 Å². The summed E-state index contributed by atoms with van der Waals surface area (Å²) in [4.78, 5) is 2.66. The summed E-state index contributed by atoms with van der Waals surface area (Å²) in [6.45, 7) is 15.9. The summed E-state index contributed by atoms with van der Waals surface area (Å²) in [6, 6.07) is 0. The second-order valence-electron chi connectivity index (χ2n) is 6.53. The van der Waals surface area contributed by atoms with Crippen LogP contribution >= 0.6 is 0 Å². The minimum atomic E-state index is 0.0496.